The number of benzene rings is 2. The summed E-state index contributed by atoms with van der Waals surface area (Å²) < 4.78 is 38.6. The molecule has 0 unspecified atom stereocenters. The quantitative estimate of drug-likeness (QED) is 0.586. The highest BCUT2D eigenvalue weighted by molar-refractivity contribution is 9.10. The van der Waals surface area contributed by atoms with Gasteiger partial charge in [-0.05, 0) is 48.2 Å². The molecular weight excluding hydrogens is 347 g/mol. The van der Waals surface area contributed by atoms with Gasteiger partial charge in [-0.25, -0.2) is 0 Å². The SMILES string of the molecule is Cc1ccc(N=C([O-])c2cccc(C(F)(F)F)c2)cc1Br. The summed E-state index contributed by atoms with van der Waals surface area (Å²) in [5.74, 6) is -0.711. The Bertz CT molecular complexity index is 696. The van der Waals surface area contributed by atoms with E-state index in [1.165, 1.54) is 12.1 Å². The van der Waals surface area contributed by atoms with E-state index in [4.69, 9.17) is 0 Å². The van der Waals surface area contributed by atoms with Crippen LogP contribution in [0.25, 0.3) is 0 Å². The predicted octanol–water partition coefficient (Wildman–Crippen LogP) is 4.21. The van der Waals surface area contributed by atoms with Crippen LogP contribution in [0.5, 0.6) is 0 Å². The third-order valence-corrected chi connectivity index (χ3v) is 3.68. The van der Waals surface area contributed by atoms with Crippen molar-refractivity contribution in [3.05, 3.63) is 63.6 Å². The van der Waals surface area contributed by atoms with Gasteiger partial charge in [-0.1, -0.05) is 34.1 Å². The Morgan fingerprint density at radius 3 is 2.48 bits per heavy atom. The molecule has 2 nitrogen and oxygen atoms in total. The van der Waals surface area contributed by atoms with Crippen molar-refractivity contribution in [3.8, 4) is 0 Å². The smallest absolute Gasteiger partial charge is 0.416 e. The van der Waals surface area contributed by atoms with Crippen LogP contribution in [0.3, 0.4) is 0 Å². The van der Waals surface area contributed by atoms with Crippen LogP contribution in [0.2, 0.25) is 0 Å². The summed E-state index contributed by atoms with van der Waals surface area (Å²) in [5, 5.41) is 11.9. The highest BCUT2D eigenvalue weighted by Gasteiger charge is 2.30. The van der Waals surface area contributed by atoms with Gasteiger partial charge in [0.05, 0.1) is 11.3 Å². The van der Waals surface area contributed by atoms with E-state index in [1.807, 2.05) is 6.92 Å². The monoisotopic (exact) mass is 356 g/mol. The molecule has 0 saturated heterocycles. The summed E-state index contributed by atoms with van der Waals surface area (Å²) in [6.07, 6.45) is -4.48. The summed E-state index contributed by atoms with van der Waals surface area (Å²) in [6, 6.07) is 9.25. The molecule has 0 atom stereocenters. The molecule has 2 aromatic rings. The predicted molar refractivity (Wildman–Crippen MR) is 76.5 cm³/mol. The Kier molecular flexibility index (Phi) is 4.37. The van der Waals surface area contributed by atoms with Gasteiger partial charge in [-0.2, -0.15) is 13.2 Å². The molecule has 110 valence electrons. The van der Waals surface area contributed by atoms with Crippen molar-refractivity contribution in [2.75, 3.05) is 0 Å². The second-order valence-electron chi connectivity index (χ2n) is 4.43. The fourth-order valence-corrected chi connectivity index (χ4v) is 2.03. The number of aliphatic imine (C=N–C) groups is 1. The maximum atomic E-state index is 12.6. The van der Waals surface area contributed by atoms with Gasteiger partial charge in [0.15, 0.2) is 0 Å². The van der Waals surface area contributed by atoms with E-state index in [1.54, 1.807) is 18.2 Å². The molecule has 2 aromatic carbocycles. The summed E-state index contributed by atoms with van der Waals surface area (Å²) in [4.78, 5) is 3.82. The molecule has 0 saturated carbocycles. The Labute approximate surface area is 128 Å². The first-order chi connectivity index (χ1) is 9.77. The van der Waals surface area contributed by atoms with Crippen molar-refractivity contribution < 1.29 is 18.3 Å². The van der Waals surface area contributed by atoms with Crippen LogP contribution in [0.15, 0.2) is 51.9 Å². The van der Waals surface area contributed by atoms with Gasteiger partial charge in [0.2, 0.25) is 0 Å². The topological polar surface area (TPSA) is 35.4 Å². The zero-order valence-corrected chi connectivity index (χ0v) is 12.5. The number of hydrogen-bond donors (Lipinski definition) is 0. The van der Waals surface area contributed by atoms with Crippen LogP contribution in [0.4, 0.5) is 18.9 Å². The Hall–Kier alpha value is -1.82. The third-order valence-electron chi connectivity index (χ3n) is 2.82. The number of aryl methyl sites for hydroxylation is 1. The van der Waals surface area contributed by atoms with E-state index in [0.29, 0.717) is 5.69 Å². The van der Waals surface area contributed by atoms with E-state index >= 15 is 0 Å². The van der Waals surface area contributed by atoms with Crippen molar-refractivity contribution in [2.45, 2.75) is 13.1 Å². The van der Waals surface area contributed by atoms with Crippen LogP contribution >= 0.6 is 15.9 Å². The van der Waals surface area contributed by atoms with Crippen molar-refractivity contribution >= 4 is 27.5 Å². The lowest BCUT2D eigenvalue weighted by molar-refractivity contribution is -0.212. The molecule has 6 heteroatoms. The standard InChI is InChI=1S/C15H11BrF3NO/c1-9-5-6-12(8-13(9)16)20-14(21)10-3-2-4-11(7-10)15(17,18)19/h2-8H,1H3,(H,20,21)/p-1. The van der Waals surface area contributed by atoms with Crippen molar-refractivity contribution in [3.63, 3.8) is 0 Å². The molecule has 0 aliphatic carbocycles. The normalized spacial score (nSPS) is 12.5. The van der Waals surface area contributed by atoms with Crippen molar-refractivity contribution in [1.82, 2.24) is 0 Å². The first-order valence-electron chi connectivity index (χ1n) is 5.97. The van der Waals surface area contributed by atoms with Gasteiger partial charge in [-0.15, -0.1) is 0 Å². The molecule has 0 N–H and O–H groups in total. The van der Waals surface area contributed by atoms with E-state index in [0.717, 1.165) is 22.2 Å². The Morgan fingerprint density at radius 1 is 1.14 bits per heavy atom. The van der Waals surface area contributed by atoms with Crippen LogP contribution in [0, 0.1) is 6.92 Å². The summed E-state index contributed by atoms with van der Waals surface area (Å²) in [6.45, 7) is 1.88. The minimum Gasteiger partial charge on any atom is -0.858 e. The average molecular weight is 357 g/mol. The Morgan fingerprint density at radius 2 is 1.86 bits per heavy atom. The zero-order chi connectivity index (χ0) is 15.6. The van der Waals surface area contributed by atoms with Crippen LogP contribution in [-0.4, -0.2) is 5.90 Å². The summed E-state index contributed by atoms with van der Waals surface area (Å²) in [7, 11) is 0. The van der Waals surface area contributed by atoms with Crippen molar-refractivity contribution in [2.24, 2.45) is 4.99 Å². The first kappa shape index (κ1) is 15.6. The van der Waals surface area contributed by atoms with E-state index in [-0.39, 0.29) is 5.56 Å². The largest absolute Gasteiger partial charge is 0.858 e. The van der Waals surface area contributed by atoms with Gasteiger partial charge in [-0.3, -0.25) is 4.99 Å². The molecular formula is C15H10BrF3NO-. The Balaban J connectivity index is 2.37. The molecule has 0 radical (unpaired) electrons. The van der Waals surface area contributed by atoms with E-state index in [9.17, 15) is 18.3 Å². The first-order valence-corrected chi connectivity index (χ1v) is 6.76. The molecule has 0 heterocycles. The summed E-state index contributed by atoms with van der Waals surface area (Å²) >= 11 is 3.31. The van der Waals surface area contributed by atoms with Crippen molar-refractivity contribution in [1.29, 1.82) is 0 Å². The molecule has 0 aromatic heterocycles. The maximum Gasteiger partial charge on any atom is 0.416 e. The average Bonchev–Trinajstić information content (AvgIpc) is 2.42. The molecule has 0 aliphatic heterocycles. The maximum absolute atomic E-state index is 12.6. The van der Waals surface area contributed by atoms with E-state index < -0.39 is 17.6 Å². The molecule has 0 fully saturated rings. The number of rotatable bonds is 2. The minimum atomic E-state index is -4.48. The lowest BCUT2D eigenvalue weighted by Crippen LogP contribution is -2.19. The third kappa shape index (κ3) is 3.85. The highest BCUT2D eigenvalue weighted by Crippen LogP contribution is 2.29. The van der Waals surface area contributed by atoms with Gasteiger partial charge < -0.3 is 5.11 Å². The molecule has 0 spiro atoms. The molecule has 0 amide bonds. The lowest BCUT2D eigenvalue weighted by Gasteiger charge is -2.14. The van der Waals surface area contributed by atoms with E-state index in [2.05, 4.69) is 20.9 Å². The number of hydrogen-bond acceptors (Lipinski definition) is 2. The lowest BCUT2D eigenvalue weighted by atomic mass is 10.1. The fraction of sp³-hybridized carbons (Fsp3) is 0.133. The van der Waals surface area contributed by atoms with Crippen LogP contribution in [0.1, 0.15) is 16.7 Å². The van der Waals surface area contributed by atoms with Gasteiger partial charge in [0, 0.05) is 4.47 Å². The second-order valence-corrected chi connectivity index (χ2v) is 5.28. The molecule has 0 bridgehead atoms. The van der Waals surface area contributed by atoms with Gasteiger partial charge in [0.25, 0.3) is 0 Å². The number of nitrogens with zero attached hydrogens (tertiary/aromatic N) is 1. The summed E-state index contributed by atoms with van der Waals surface area (Å²) in [5.41, 5.74) is 0.394. The zero-order valence-electron chi connectivity index (χ0n) is 10.9. The second kappa shape index (κ2) is 5.89. The number of alkyl halides is 3. The van der Waals surface area contributed by atoms with Gasteiger partial charge in [0.1, 0.15) is 0 Å². The fourth-order valence-electron chi connectivity index (χ4n) is 1.66. The minimum absolute atomic E-state index is 0.0958. The van der Waals surface area contributed by atoms with Crippen LogP contribution in [-0.2, 0) is 6.18 Å². The highest BCUT2D eigenvalue weighted by atomic mass is 79.9. The molecule has 0 aliphatic rings. The van der Waals surface area contributed by atoms with Crippen LogP contribution < -0.4 is 5.11 Å². The van der Waals surface area contributed by atoms with Gasteiger partial charge >= 0.3 is 6.18 Å². The molecule has 21 heavy (non-hydrogen) atoms. The number of halogens is 4. The molecule has 2 rings (SSSR count).